The Balaban J connectivity index is 2.45. The van der Waals surface area contributed by atoms with Gasteiger partial charge in [-0.3, -0.25) is 9.89 Å². The summed E-state index contributed by atoms with van der Waals surface area (Å²) in [5.74, 6) is 1.03. The van der Waals surface area contributed by atoms with E-state index in [4.69, 9.17) is 5.26 Å². The number of hydrogen-bond donors (Lipinski definition) is 2. The summed E-state index contributed by atoms with van der Waals surface area (Å²) in [6.07, 6.45) is 0. The minimum absolute atomic E-state index is 0.134. The van der Waals surface area contributed by atoms with E-state index in [2.05, 4.69) is 15.5 Å². The topological polar surface area (TPSA) is 81.6 Å². The summed E-state index contributed by atoms with van der Waals surface area (Å²) >= 11 is 1.28. The van der Waals surface area contributed by atoms with Gasteiger partial charge in [-0.25, -0.2) is 0 Å². The van der Waals surface area contributed by atoms with E-state index in [1.54, 1.807) is 0 Å². The van der Waals surface area contributed by atoms with Crippen molar-refractivity contribution in [2.24, 2.45) is 0 Å². The minimum Gasteiger partial charge on any atom is -0.308 e. The Morgan fingerprint density at radius 2 is 2.40 bits per heavy atom. The molecule has 1 aromatic rings. The maximum absolute atomic E-state index is 11.4. The van der Waals surface area contributed by atoms with Crippen molar-refractivity contribution in [2.75, 3.05) is 16.8 Å². The number of aromatic nitrogens is 2. The van der Waals surface area contributed by atoms with Crippen LogP contribution < -0.4 is 5.32 Å². The Morgan fingerprint density at radius 1 is 1.67 bits per heavy atom. The highest BCUT2D eigenvalue weighted by molar-refractivity contribution is 8.00. The van der Waals surface area contributed by atoms with Crippen molar-refractivity contribution in [1.29, 1.82) is 5.26 Å². The molecule has 0 unspecified atom stereocenters. The van der Waals surface area contributed by atoms with Gasteiger partial charge in [0.1, 0.15) is 0 Å². The molecule has 1 rings (SSSR count). The van der Waals surface area contributed by atoms with Gasteiger partial charge in [0, 0.05) is 11.3 Å². The largest absolute Gasteiger partial charge is 0.308 e. The number of aromatic amines is 1. The standard InChI is InChI=1S/C9H12N4OS/c1-6-7(2)12-13-9(6)11-8(14)5-15-4-3-10/h4-5H2,1-2H3,(H2,11,12,13,14). The van der Waals surface area contributed by atoms with Gasteiger partial charge in [0.25, 0.3) is 0 Å². The average Bonchev–Trinajstić information content (AvgIpc) is 2.50. The molecule has 80 valence electrons. The number of H-pyrrole nitrogens is 1. The first-order chi connectivity index (χ1) is 7.15. The summed E-state index contributed by atoms with van der Waals surface area (Å²) in [6, 6.07) is 1.96. The van der Waals surface area contributed by atoms with Crippen LogP contribution >= 0.6 is 11.8 Å². The van der Waals surface area contributed by atoms with Gasteiger partial charge in [-0.05, 0) is 13.8 Å². The molecule has 0 bridgehead atoms. The Bertz CT molecular complexity index is 393. The second-order valence-corrected chi connectivity index (χ2v) is 4.01. The van der Waals surface area contributed by atoms with E-state index < -0.39 is 0 Å². The van der Waals surface area contributed by atoms with E-state index in [0.717, 1.165) is 11.3 Å². The molecule has 6 heteroatoms. The van der Waals surface area contributed by atoms with Crippen LogP contribution in [-0.4, -0.2) is 27.6 Å². The van der Waals surface area contributed by atoms with E-state index >= 15 is 0 Å². The number of aryl methyl sites for hydroxylation is 1. The molecule has 0 atom stereocenters. The number of nitrogens with zero attached hydrogens (tertiary/aromatic N) is 2. The summed E-state index contributed by atoms with van der Waals surface area (Å²) in [5.41, 5.74) is 1.88. The molecule has 0 aliphatic rings. The Labute approximate surface area is 92.2 Å². The highest BCUT2D eigenvalue weighted by atomic mass is 32.2. The average molecular weight is 224 g/mol. The third-order valence-electron chi connectivity index (χ3n) is 1.91. The van der Waals surface area contributed by atoms with Gasteiger partial charge in [0.05, 0.1) is 17.6 Å². The Kier molecular flexibility index (Phi) is 4.18. The number of carbonyl (C=O) groups is 1. The molecular formula is C9H12N4OS. The maximum Gasteiger partial charge on any atom is 0.235 e. The van der Waals surface area contributed by atoms with E-state index in [0.29, 0.717) is 11.6 Å². The van der Waals surface area contributed by atoms with Crippen LogP contribution in [0, 0.1) is 25.2 Å². The number of amides is 1. The van der Waals surface area contributed by atoms with Crippen LogP contribution in [0.15, 0.2) is 0 Å². The maximum atomic E-state index is 11.4. The van der Waals surface area contributed by atoms with Crippen LogP contribution in [0.5, 0.6) is 0 Å². The van der Waals surface area contributed by atoms with Crippen LogP contribution in [0.25, 0.3) is 0 Å². The van der Waals surface area contributed by atoms with E-state index in [1.807, 2.05) is 19.9 Å². The highest BCUT2D eigenvalue weighted by Gasteiger charge is 2.08. The van der Waals surface area contributed by atoms with E-state index in [1.165, 1.54) is 11.8 Å². The first-order valence-corrected chi connectivity index (χ1v) is 5.56. The molecule has 1 amide bonds. The van der Waals surface area contributed by atoms with Crippen molar-refractivity contribution < 1.29 is 4.79 Å². The molecule has 1 aromatic heterocycles. The molecule has 15 heavy (non-hydrogen) atoms. The van der Waals surface area contributed by atoms with Gasteiger partial charge < -0.3 is 5.32 Å². The third-order valence-corrected chi connectivity index (χ3v) is 2.71. The first kappa shape index (κ1) is 11.6. The number of nitrogens with one attached hydrogen (secondary N) is 2. The second kappa shape index (κ2) is 5.41. The molecule has 0 saturated heterocycles. The molecule has 0 saturated carbocycles. The van der Waals surface area contributed by atoms with Crippen LogP contribution in [0.4, 0.5) is 5.82 Å². The summed E-state index contributed by atoms with van der Waals surface area (Å²) in [4.78, 5) is 11.4. The van der Waals surface area contributed by atoms with Crippen molar-refractivity contribution in [3.63, 3.8) is 0 Å². The Hall–Kier alpha value is -1.48. The molecule has 5 nitrogen and oxygen atoms in total. The van der Waals surface area contributed by atoms with Crippen LogP contribution in [0.2, 0.25) is 0 Å². The molecule has 0 radical (unpaired) electrons. The smallest absolute Gasteiger partial charge is 0.235 e. The first-order valence-electron chi connectivity index (χ1n) is 4.41. The van der Waals surface area contributed by atoms with E-state index in [-0.39, 0.29) is 11.7 Å². The molecule has 0 aliphatic heterocycles. The van der Waals surface area contributed by atoms with Gasteiger partial charge in [-0.15, -0.1) is 11.8 Å². The summed E-state index contributed by atoms with van der Waals surface area (Å²) in [7, 11) is 0. The van der Waals surface area contributed by atoms with Gasteiger partial charge in [-0.1, -0.05) is 0 Å². The predicted molar refractivity (Wildman–Crippen MR) is 59.6 cm³/mol. The van der Waals surface area contributed by atoms with Gasteiger partial charge in [0.2, 0.25) is 5.91 Å². The monoisotopic (exact) mass is 224 g/mol. The fourth-order valence-electron chi connectivity index (χ4n) is 0.964. The zero-order valence-electron chi connectivity index (χ0n) is 8.63. The van der Waals surface area contributed by atoms with Crippen molar-refractivity contribution in [2.45, 2.75) is 13.8 Å². The summed E-state index contributed by atoms with van der Waals surface area (Å²) in [5, 5.41) is 17.7. The number of thioether (sulfide) groups is 1. The molecule has 0 fully saturated rings. The van der Waals surface area contributed by atoms with Gasteiger partial charge >= 0.3 is 0 Å². The summed E-state index contributed by atoms with van der Waals surface area (Å²) in [6.45, 7) is 3.78. The minimum atomic E-state index is -0.134. The zero-order valence-corrected chi connectivity index (χ0v) is 9.44. The SMILES string of the molecule is Cc1[nH]nc(NC(=O)CSCC#N)c1C. The van der Waals surface area contributed by atoms with Crippen LogP contribution in [-0.2, 0) is 4.79 Å². The lowest BCUT2D eigenvalue weighted by Crippen LogP contribution is -2.15. The van der Waals surface area contributed by atoms with E-state index in [9.17, 15) is 4.79 Å². The molecule has 1 heterocycles. The molecule has 0 aromatic carbocycles. The van der Waals surface area contributed by atoms with Crippen molar-refractivity contribution in [3.8, 4) is 6.07 Å². The zero-order chi connectivity index (χ0) is 11.3. The Morgan fingerprint density at radius 3 is 2.93 bits per heavy atom. The highest BCUT2D eigenvalue weighted by Crippen LogP contribution is 2.13. The number of carbonyl (C=O) groups excluding carboxylic acids is 1. The molecule has 2 N–H and O–H groups in total. The number of rotatable bonds is 4. The van der Waals surface area contributed by atoms with Gasteiger partial charge in [0.15, 0.2) is 5.82 Å². The lowest BCUT2D eigenvalue weighted by molar-refractivity contribution is -0.113. The lowest BCUT2D eigenvalue weighted by atomic mass is 10.3. The molecule has 0 aliphatic carbocycles. The van der Waals surface area contributed by atoms with Crippen molar-refractivity contribution in [3.05, 3.63) is 11.3 Å². The summed E-state index contributed by atoms with van der Waals surface area (Å²) < 4.78 is 0. The fourth-order valence-corrected chi connectivity index (χ4v) is 1.42. The second-order valence-electron chi connectivity index (χ2n) is 3.02. The molecule has 0 spiro atoms. The van der Waals surface area contributed by atoms with Crippen LogP contribution in [0.3, 0.4) is 0 Å². The normalized spacial score (nSPS) is 9.67. The van der Waals surface area contributed by atoms with Gasteiger partial charge in [-0.2, -0.15) is 10.4 Å². The van der Waals surface area contributed by atoms with Crippen molar-refractivity contribution in [1.82, 2.24) is 10.2 Å². The number of anilines is 1. The lowest BCUT2D eigenvalue weighted by Gasteiger charge is -2.01. The number of nitriles is 1. The quantitative estimate of drug-likeness (QED) is 0.753. The van der Waals surface area contributed by atoms with Crippen molar-refractivity contribution >= 4 is 23.5 Å². The predicted octanol–water partition coefficient (Wildman–Crippen LogP) is 1.22. The molecular weight excluding hydrogens is 212 g/mol. The van der Waals surface area contributed by atoms with Crippen LogP contribution in [0.1, 0.15) is 11.3 Å². The third kappa shape index (κ3) is 3.29. The number of hydrogen-bond acceptors (Lipinski definition) is 4. The fraction of sp³-hybridized carbons (Fsp3) is 0.444.